The second-order valence-electron chi connectivity index (χ2n) is 6.77. The lowest BCUT2D eigenvalue weighted by atomic mass is 10.1. The second kappa shape index (κ2) is 8.83. The van der Waals surface area contributed by atoms with Crippen LogP contribution in [0.25, 0.3) is 17.3 Å². The van der Waals surface area contributed by atoms with Crippen LogP contribution in [-0.4, -0.2) is 21.4 Å². The number of benzene rings is 2. The predicted molar refractivity (Wildman–Crippen MR) is 122 cm³/mol. The number of furan rings is 1. The SMILES string of the molecule is Clc1ccc(CSc2nnc3c(n2)O[C@H](/C=C/c2ccco2)Nc2ccccc2-3)cc1. The minimum atomic E-state index is -0.446. The Hall–Kier alpha value is -3.29. The molecule has 1 aliphatic rings. The van der Waals surface area contributed by atoms with Gasteiger partial charge in [0.1, 0.15) is 5.76 Å². The third-order valence-electron chi connectivity index (χ3n) is 4.61. The molecule has 154 valence electrons. The van der Waals surface area contributed by atoms with Crippen LogP contribution in [0.15, 0.2) is 82.6 Å². The molecule has 0 amide bonds. The molecular formula is C23H17ClN4O2S. The molecule has 6 nitrogen and oxygen atoms in total. The van der Waals surface area contributed by atoms with Gasteiger partial charge in [-0.1, -0.05) is 53.7 Å². The Kier molecular flexibility index (Phi) is 5.60. The third-order valence-corrected chi connectivity index (χ3v) is 5.77. The van der Waals surface area contributed by atoms with E-state index in [4.69, 9.17) is 20.8 Å². The van der Waals surface area contributed by atoms with Crippen LogP contribution in [0.1, 0.15) is 11.3 Å². The van der Waals surface area contributed by atoms with E-state index in [-0.39, 0.29) is 0 Å². The van der Waals surface area contributed by atoms with E-state index in [9.17, 15) is 0 Å². The molecule has 0 fully saturated rings. The van der Waals surface area contributed by atoms with Gasteiger partial charge in [-0.15, -0.1) is 10.2 Å². The highest BCUT2D eigenvalue weighted by Crippen LogP contribution is 2.36. The average molecular weight is 449 g/mol. The zero-order valence-corrected chi connectivity index (χ0v) is 17.8. The summed E-state index contributed by atoms with van der Waals surface area (Å²) in [5.41, 5.74) is 3.52. The molecule has 1 aliphatic heterocycles. The summed E-state index contributed by atoms with van der Waals surface area (Å²) < 4.78 is 11.5. The van der Waals surface area contributed by atoms with Crippen LogP contribution in [-0.2, 0) is 5.75 Å². The molecule has 0 saturated heterocycles. The lowest BCUT2D eigenvalue weighted by Gasteiger charge is -2.15. The van der Waals surface area contributed by atoms with Gasteiger partial charge in [0, 0.05) is 22.0 Å². The minimum absolute atomic E-state index is 0.431. The summed E-state index contributed by atoms with van der Waals surface area (Å²) >= 11 is 7.45. The van der Waals surface area contributed by atoms with E-state index in [0.717, 1.165) is 22.6 Å². The summed E-state index contributed by atoms with van der Waals surface area (Å²) in [7, 11) is 0. The molecule has 1 atom stereocenters. The first-order valence-electron chi connectivity index (χ1n) is 9.61. The number of halogens is 1. The molecule has 0 radical (unpaired) electrons. The first-order valence-corrected chi connectivity index (χ1v) is 11.0. The lowest BCUT2D eigenvalue weighted by Crippen LogP contribution is -2.23. The fourth-order valence-corrected chi connectivity index (χ4v) is 3.97. The van der Waals surface area contributed by atoms with Crippen LogP contribution >= 0.6 is 23.4 Å². The molecule has 8 heteroatoms. The predicted octanol–water partition coefficient (Wildman–Crippen LogP) is 5.92. The number of para-hydroxylation sites is 1. The summed E-state index contributed by atoms with van der Waals surface area (Å²) in [6.45, 7) is 0. The van der Waals surface area contributed by atoms with Crippen molar-refractivity contribution in [2.45, 2.75) is 17.1 Å². The highest BCUT2D eigenvalue weighted by atomic mass is 35.5. The van der Waals surface area contributed by atoms with E-state index in [1.165, 1.54) is 11.8 Å². The number of anilines is 1. The summed E-state index contributed by atoms with van der Waals surface area (Å²) in [5, 5.41) is 13.4. The van der Waals surface area contributed by atoms with E-state index >= 15 is 0 Å². The van der Waals surface area contributed by atoms with Crippen LogP contribution < -0.4 is 10.1 Å². The maximum absolute atomic E-state index is 6.16. The Labute approximate surface area is 188 Å². The molecular weight excluding hydrogens is 432 g/mol. The van der Waals surface area contributed by atoms with Gasteiger partial charge in [0.2, 0.25) is 11.0 Å². The molecule has 31 heavy (non-hydrogen) atoms. The second-order valence-corrected chi connectivity index (χ2v) is 8.15. The molecule has 4 aromatic rings. The van der Waals surface area contributed by atoms with Gasteiger partial charge in [0.15, 0.2) is 11.9 Å². The van der Waals surface area contributed by atoms with E-state index in [1.807, 2.05) is 72.8 Å². The van der Waals surface area contributed by atoms with Crippen LogP contribution in [0.2, 0.25) is 5.02 Å². The largest absolute Gasteiger partial charge is 0.465 e. The monoisotopic (exact) mass is 448 g/mol. The van der Waals surface area contributed by atoms with Crippen LogP contribution in [0.3, 0.4) is 0 Å². The Morgan fingerprint density at radius 1 is 1.03 bits per heavy atom. The van der Waals surface area contributed by atoms with Crippen molar-refractivity contribution in [1.29, 1.82) is 0 Å². The maximum Gasteiger partial charge on any atom is 0.247 e. The average Bonchev–Trinajstić information content (AvgIpc) is 3.26. The maximum atomic E-state index is 6.16. The highest BCUT2D eigenvalue weighted by molar-refractivity contribution is 7.98. The normalized spacial score (nSPS) is 14.9. The number of ether oxygens (including phenoxy) is 1. The van der Waals surface area contributed by atoms with Crippen LogP contribution in [0.4, 0.5) is 5.69 Å². The molecule has 0 saturated carbocycles. The Balaban J connectivity index is 1.43. The van der Waals surface area contributed by atoms with Crippen molar-refractivity contribution in [3.63, 3.8) is 0 Å². The third kappa shape index (κ3) is 4.57. The van der Waals surface area contributed by atoms with Gasteiger partial charge in [-0.3, -0.25) is 0 Å². The molecule has 0 bridgehead atoms. The van der Waals surface area contributed by atoms with Gasteiger partial charge in [-0.2, -0.15) is 4.98 Å². The number of aromatic nitrogens is 3. The number of rotatable bonds is 5. The minimum Gasteiger partial charge on any atom is -0.465 e. The van der Waals surface area contributed by atoms with E-state index in [0.29, 0.717) is 27.5 Å². The molecule has 2 aromatic heterocycles. The Morgan fingerprint density at radius 2 is 1.90 bits per heavy atom. The van der Waals surface area contributed by atoms with Gasteiger partial charge in [-0.05, 0) is 48.0 Å². The molecule has 3 heterocycles. The van der Waals surface area contributed by atoms with E-state index < -0.39 is 6.23 Å². The summed E-state index contributed by atoms with van der Waals surface area (Å²) in [4.78, 5) is 4.64. The van der Waals surface area contributed by atoms with Crippen molar-refractivity contribution in [3.05, 3.63) is 89.3 Å². The quantitative estimate of drug-likeness (QED) is 0.380. The first-order chi connectivity index (χ1) is 15.2. The van der Waals surface area contributed by atoms with Gasteiger partial charge in [-0.25, -0.2) is 0 Å². The fourth-order valence-electron chi connectivity index (χ4n) is 3.11. The zero-order chi connectivity index (χ0) is 21.0. The number of hydrogen-bond donors (Lipinski definition) is 1. The molecule has 1 N–H and O–H groups in total. The zero-order valence-electron chi connectivity index (χ0n) is 16.2. The van der Waals surface area contributed by atoms with E-state index in [2.05, 4.69) is 20.5 Å². The Bertz CT molecular complexity index is 1210. The van der Waals surface area contributed by atoms with Gasteiger partial charge >= 0.3 is 0 Å². The highest BCUT2D eigenvalue weighted by Gasteiger charge is 2.23. The molecule has 0 unspecified atom stereocenters. The standard InChI is InChI=1S/C23H17ClN4O2S/c24-16-9-7-15(8-10-16)14-31-23-26-22-21(27-28-23)18-5-1-2-6-19(18)25-20(30-22)12-11-17-4-3-13-29-17/h1-13,20,25H,14H2/b12-11+/t20-/m1/s1. The van der Waals surface area contributed by atoms with Crippen molar-refractivity contribution in [3.8, 4) is 17.1 Å². The van der Waals surface area contributed by atoms with Crippen LogP contribution in [0.5, 0.6) is 5.88 Å². The lowest BCUT2D eigenvalue weighted by molar-refractivity contribution is 0.266. The number of thioether (sulfide) groups is 1. The molecule has 5 rings (SSSR count). The van der Waals surface area contributed by atoms with Crippen molar-refractivity contribution in [2.24, 2.45) is 0 Å². The topological polar surface area (TPSA) is 73.1 Å². The van der Waals surface area contributed by atoms with Crippen molar-refractivity contribution in [1.82, 2.24) is 15.2 Å². The number of fused-ring (bicyclic) bond motifs is 3. The fraction of sp³-hybridized carbons (Fsp3) is 0.0870. The smallest absolute Gasteiger partial charge is 0.247 e. The number of nitrogens with zero attached hydrogens (tertiary/aromatic N) is 3. The Morgan fingerprint density at radius 3 is 2.74 bits per heavy atom. The van der Waals surface area contributed by atoms with Crippen LogP contribution in [0, 0.1) is 0 Å². The van der Waals surface area contributed by atoms with Crippen molar-refractivity contribution in [2.75, 3.05) is 5.32 Å². The van der Waals surface area contributed by atoms with E-state index in [1.54, 1.807) is 6.26 Å². The summed E-state index contributed by atoms with van der Waals surface area (Å²) in [6.07, 6.45) is 4.93. The number of nitrogens with one attached hydrogen (secondary N) is 1. The number of hydrogen-bond acceptors (Lipinski definition) is 7. The van der Waals surface area contributed by atoms with Gasteiger partial charge < -0.3 is 14.5 Å². The molecule has 0 spiro atoms. The van der Waals surface area contributed by atoms with Gasteiger partial charge in [0.05, 0.1) is 6.26 Å². The molecule has 2 aromatic carbocycles. The van der Waals surface area contributed by atoms with Crippen molar-refractivity contribution < 1.29 is 9.15 Å². The van der Waals surface area contributed by atoms with Crippen molar-refractivity contribution >= 4 is 35.1 Å². The molecule has 0 aliphatic carbocycles. The first kappa shape index (κ1) is 19.7. The van der Waals surface area contributed by atoms with Gasteiger partial charge in [0.25, 0.3) is 0 Å². The summed E-state index contributed by atoms with van der Waals surface area (Å²) in [5.74, 6) is 1.87. The summed E-state index contributed by atoms with van der Waals surface area (Å²) in [6, 6.07) is 19.3.